The highest BCUT2D eigenvalue weighted by Gasteiger charge is 2.77. The first-order valence-corrected chi connectivity index (χ1v) is 15.6. The van der Waals surface area contributed by atoms with Gasteiger partial charge in [0.1, 0.15) is 5.75 Å². The molecule has 1 atom stereocenters. The maximum atomic E-state index is 6.68. The molecule has 7 rings (SSSR count). The second-order valence-corrected chi connectivity index (χ2v) is 14.7. The van der Waals surface area contributed by atoms with E-state index in [4.69, 9.17) is 18.9 Å². The van der Waals surface area contributed by atoms with Gasteiger partial charge in [-0.15, -0.1) is 0 Å². The molecule has 2 aromatic carbocycles. The van der Waals surface area contributed by atoms with Gasteiger partial charge >= 0.3 is 0 Å². The Hall–Kier alpha value is -1.40. The van der Waals surface area contributed by atoms with Crippen molar-refractivity contribution in [3.63, 3.8) is 0 Å². The largest absolute Gasteiger partial charge is 0.546 e. The third kappa shape index (κ3) is 2.98. The molecule has 5 aliphatic rings. The summed E-state index contributed by atoms with van der Waals surface area (Å²) in [6, 6.07) is 11.2. The van der Waals surface area contributed by atoms with E-state index in [2.05, 4.69) is 64.2 Å². The molecule has 0 N–H and O–H groups in total. The predicted molar refractivity (Wildman–Crippen MR) is 133 cm³/mol. The van der Waals surface area contributed by atoms with Crippen LogP contribution in [0.4, 0.5) is 0 Å². The summed E-state index contributed by atoms with van der Waals surface area (Å²) >= 11 is 0. The Balaban J connectivity index is 1.52. The molecule has 4 aliphatic carbocycles. The molecule has 1 saturated heterocycles. The summed E-state index contributed by atoms with van der Waals surface area (Å²) in [5.41, 5.74) is 2.05. The van der Waals surface area contributed by atoms with E-state index in [1.807, 2.05) is 0 Å². The zero-order valence-corrected chi connectivity index (χ0v) is 22.1. The molecule has 0 aromatic heterocycles. The van der Waals surface area contributed by atoms with Crippen molar-refractivity contribution >= 4 is 19.8 Å². The Kier molecular flexibility index (Phi) is 4.89. The Morgan fingerprint density at radius 1 is 0.909 bits per heavy atom. The van der Waals surface area contributed by atoms with E-state index in [1.54, 1.807) is 7.11 Å². The molecule has 4 nitrogen and oxygen atoms in total. The molecule has 0 radical (unpaired) electrons. The molecule has 5 fully saturated rings. The van der Waals surface area contributed by atoms with Gasteiger partial charge in [0.25, 0.3) is 5.79 Å². The lowest BCUT2D eigenvalue weighted by Gasteiger charge is -2.68. The van der Waals surface area contributed by atoms with Gasteiger partial charge in [0.2, 0.25) is 9.04 Å². The van der Waals surface area contributed by atoms with E-state index in [9.17, 15) is 0 Å². The molecule has 33 heavy (non-hydrogen) atoms. The number of hydrogen-bond acceptors (Lipinski definition) is 4. The van der Waals surface area contributed by atoms with Crippen molar-refractivity contribution in [3.05, 3.63) is 41.5 Å². The van der Waals surface area contributed by atoms with Crippen LogP contribution in [0.2, 0.25) is 13.1 Å². The lowest BCUT2D eigenvalue weighted by Crippen LogP contribution is -2.76. The summed E-state index contributed by atoms with van der Waals surface area (Å²) < 4.78 is 13.1. The van der Waals surface area contributed by atoms with Crippen LogP contribution in [-0.2, 0) is 25.7 Å². The number of fused-ring (bicyclic) bond motifs is 1. The Morgan fingerprint density at radius 3 is 2.09 bits per heavy atom. The molecule has 4 saturated carbocycles. The minimum absolute atomic E-state index is 0.101. The predicted octanol–water partition coefficient (Wildman–Crippen LogP) is 6.46. The van der Waals surface area contributed by atoms with Crippen LogP contribution in [0.25, 0.3) is 10.8 Å². The number of ether oxygens (including phenoxy) is 1. The molecule has 1 heterocycles. The van der Waals surface area contributed by atoms with Gasteiger partial charge in [0.05, 0.1) is 5.56 Å². The number of benzene rings is 2. The first-order valence-electron chi connectivity index (χ1n) is 12.8. The SMILES string of the molecule is COC1(c2ccc3cc(C(C)(C)C)ccc3c2O[SiH](C)C)OOC12C1CC3CC(C1)CC2C3. The monoisotopic (exact) mass is 466 g/mol. The molecule has 1 aliphatic heterocycles. The van der Waals surface area contributed by atoms with Crippen LogP contribution >= 0.6 is 0 Å². The summed E-state index contributed by atoms with van der Waals surface area (Å²) in [6.07, 6.45) is 6.35. The lowest BCUT2D eigenvalue weighted by molar-refractivity contribution is -0.645. The van der Waals surface area contributed by atoms with Gasteiger partial charge in [-0.25, -0.2) is 4.89 Å². The number of hydrogen-bond donors (Lipinski definition) is 0. The standard InChI is InChI=1S/C28H38O4Si/c1-26(2,3)20-8-9-23-19(16-20)7-10-24(25(23)30-33(5)6)28(29-4)27(31-32-28)21-12-17-11-18(14-21)15-22(27)13-17/h7-10,16-18,21-22,33H,11-15H2,1-6H3. The highest BCUT2D eigenvalue weighted by atomic mass is 28.3. The van der Waals surface area contributed by atoms with E-state index in [0.29, 0.717) is 11.8 Å². The zero-order chi connectivity index (χ0) is 23.2. The van der Waals surface area contributed by atoms with Crippen LogP contribution in [0.1, 0.15) is 64.0 Å². The van der Waals surface area contributed by atoms with Crippen LogP contribution in [0.15, 0.2) is 30.3 Å². The second-order valence-electron chi connectivity index (χ2n) is 12.4. The Bertz CT molecular complexity index is 1060. The van der Waals surface area contributed by atoms with Gasteiger partial charge in [0.15, 0.2) is 5.60 Å². The van der Waals surface area contributed by atoms with Gasteiger partial charge < -0.3 is 9.16 Å². The van der Waals surface area contributed by atoms with E-state index < -0.39 is 20.4 Å². The first kappa shape index (κ1) is 22.1. The summed E-state index contributed by atoms with van der Waals surface area (Å²) in [5, 5.41) is 2.36. The minimum Gasteiger partial charge on any atom is -0.546 e. The third-order valence-electron chi connectivity index (χ3n) is 8.99. The maximum Gasteiger partial charge on any atom is 0.264 e. The zero-order valence-electron chi connectivity index (χ0n) is 20.9. The molecule has 1 spiro atoms. The highest BCUT2D eigenvalue weighted by Crippen LogP contribution is 2.70. The molecule has 2 aromatic rings. The third-order valence-corrected chi connectivity index (χ3v) is 9.70. The van der Waals surface area contributed by atoms with E-state index in [1.165, 1.54) is 43.1 Å². The van der Waals surface area contributed by atoms with Crippen molar-refractivity contribution in [2.45, 2.75) is 82.8 Å². The van der Waals surface area contributed by atoms with E-state index in [0.717, 1.165) is 28.5 Å². The molecule has 178 valence electrons. The summed E-state index contributed by atoms with van der Waals surface area (Å²) in [6.45, 7) is 11.2. The van der Waals surface area contributed by atoms with Crippen molar-refractivity contribution in [1.29, 1.82) is 0 Å². The molecular formula is C28H38O4Si. The summed E-state index contributed by atoms with van der Waals surface area (Å²) in [7, 11) is 0.408. The van der Waals surface area contributed by atoms with Crippen LogP contribution in [0, 0.1) is 23.7 Å². The van der Waals surface area contributed by atoms with Gasteiger partial charge in [-0.2, -0.15) is 4.89 Å². The lowest BCUT2D eigenvalue weighted by atomic mass is 9.47. The quantitative estimate of drug-likeness (QED) is 0.383. The molecule has 0 amide bonds. The smallest absolute Gasteiger partial charge is 0.264 e. The molecule has 1 unspecified atom stereocenters. The Morgan fingerprint density at radius 2 is 1.58 bits per heavy atom. The maximum absolute atomic E-state index is 6.68. The first-order chi connectivity index (χ1) is 15.7. The fraction of sp³-hybridized carbons (Fsp3) is 0.643. The molecule has 4 bridgehead atoms. The second kappa shape index (κ2) is 7.30. The average Bonchev–Trinajstić information content (AvgIpc) is 2.73. The van der Waals surface area contributed by atoms with Crippen LogP contribution in [0.3, 0.4) is 0 Å². The fourth-order valence-electron chi connectivity index (χ4n) is 7.72. The summed E-state index contributed by atoms with van der Waals surface area (Å²) in [4.78, 5) is 12.3. The molecule has 5 heteroatoms. The highest BCUT2D eigenvalue weighted by molar-refractivity contribution is 6.49. The topological polar surface area (TPSA) is 36.9 Å². The van der Waals surface area contributed by atoms with Gasteiger partial charge in [-0.1, -0.05) is 45.0 Å². The van der Waals surface area contributed by atoms with Crippen LogP contribution in [0.5, 0.6) is 5.75 Å². The van der Waals surface area contributed by atoms with Gasteiger partial charge in [-0.05, 0) is 91.3 Å². The van der Waals surface area contributed by atoms with Crippen LogP contribution in [-0.4, -0.2) is 21.8 Å². The average molecular weight is 467 g/mol. The van der Waals surface area contributed by atoms with Crippen molar-refractivity contribution in [2.24, 2.45) is 23.7 Å². The van der Waals surface area contributed by atoms with Crippen molar-refractivity contribution in [1.82, 2.24) is 0 Å². The minimum atomic E-state index is -1.38. The normalized spacial score (nSPS) is 37.2. The number of rotatable bonds is 4. The summed E-state index contributed by atoms with van der Waals surface area (Å²) in [5.74, 6) is 2.72. The Labute approximate surface area is 199 Å². The van der Waals surface area contributed by atoms with E-state index >= 15 is 0 Å². The fourth-order valence-corrected chi connectivity index (χ4v) is 8.45. The number of methoxy groups -OCH3 is 1. The van der Waals surface area contributed by atoms with Gasteiger partial charge in [0, 0.05) is 12.5 Å². The van der Waals surface area contributed by atoms with E-state index in [-0.39, 0.29) is 5.41 Å². The van der Waals surface area contributed by atoms with Crippen molar-refractivity contribution in [2.75, 3.05) is 7.11 Å². The van der Waals surface area contributed by atoms with Crippen molar-refractivity contribution in [3.8, 4) is 5.75 Å². The van der Waals surface area contributed by atoms with Crippen molar-refractivity contribution < 1.29 is 18.9 Å². The van der Waals surface area contributed by atoms with Gasteiger partial charge in [-0.3, -0.25) is 0 Å². The van der Waals surface area contributed by atoms with Crippen LogP contribution < -0.4 is 4.43 Å². The molecular weight excluding hydrogens is 428 g/mol.